The molecule has 0 radical (unpaired) electrons. The van der Waals surface area contributed by atoms with E-state index in [4.69, 9.17) is 0 Å². The number of rotatable bonds is 4. The predicted octanol–water partition coefficient (Wildman–Crippen LogP) is 4.29. The van der Waals surface area contributed by atoms with Gasteiger partial charge in [-0.25, -0.2) is 9.18 Å². The smallest absolute Gasteiger partial charge is 0.317 e. The largest absolute Gasteiger partial charge is 0.368 e. The van der Waals surface area contributed by atoms with E-state index in [0.717, 1.165) is 13.1 Å². The van der Waals surface area contributed by atoms with E-state index < -0.39 is 0 Å². The van der Waals surface area contributed by atoms with Gasteiger partial charge in [0.2, 0.25) is 0 Å². The van der Waals surface area contributed by atoms with Gasteiger partial charge in [-0.3, -0.25) is 0 Å². The number of carbonyl (C=O) groups is 1. The topological polar surface area (TPSA) is 35.6 Å². The third kappa shape index (κ3) is 4.41. The maximum absolute atomic E-state index is 13.7. The number of nitrogens with one attached hydrogen (secondary N) is 1. The van der Waals surface area contributed by atoms with E-state index in [2.05, 4.69) is 49.2 Å². The van der Waals surface area contributed by atoms with Crippen LogP contribution in [0.2, 0.25) is 0 Å². The number of amides is 2. The number of piperazine rings is 1. The highest BCUT2D eigenvalue weighted by Gasteiger charge is 2.24. The summed E-state index contributed by atoms with van der Waals surface area (Å²) in [5, 5.41) is 2.83. The summed E-state index contributed by atoms with van der Waals surface area (Å²) in [7, 11) is 0. The molecule has 5 heteroatoms. The van der Waals surface area contributed by atoms with Crippen molar-refractivity contribution < 1.29 is 9.18 Å². The van der Waals surface area contributed by atoms with Crippen molar-refractivity contribution >= 4 is 11.7 Å². The minimum atomic E-state index is -0.289. The normalized spacial score (nSPS) is 14.6. The number of urea groups is 1. The standard InChI is InChI=1S/C22H28FN3O/c1-16(2)19-9-6-7-17(3)21(19)25-11-13-26(14-12-25)22(27)24-15-18-8-4-5-10-20(18)23/h4-10,16H,11-15H2,1-3H3,(H,24,27). The number of aryl methyl sites for hydroxylation is 1. The van der Waals surface area contributed by atoms with Gasteiger partial charge in [0.15, 0.2) is 0 Å². The highest BCUT2D eigenvalue weighted by molar-refractivity contribution is 5.74. The van der Waals surface area contributed by atoms with Crippen LogP contribution in [0.15, 0.2) is 42.5 Å². The summed E-state index contributed by atoms with van der Waals surface area (Å²) < 4.78 is 13.7. The Labute approximate surface area is 161 Å². The van der Waals surface area contributed by atoms with Crippen molar-refractivity contribution in [3.05, 3.63) is 65.0 Å². The van der Waals surface area contributed by atoms with Gasteiger partial charge < -0.3 is 15.1 Å². The van der Waals surface area contributed by atoms with Crippen LogP contribution in [0.5, 0.6) is 0 Å². The van der Waals surface area contributed by atoms with E-state index in [-0.39, 0.29) is 18.4 Å². The maximum Gasteiger partial charge on any atom is 0.317 e. The lowest BCUT2D eigenvalue weighted by molar-refractivity contribution is 0.193. The molecular formula is C22H28FN3O. The first-order valence-corrected chi connectivity index (χ1v) is 9.58. The van der Waals surface area contributed by atoms with Crippen LogP contribution in [-0.4, -0.2) is 37.1 Å². The summed E-state index contributed by atoms with van der Waals surface area (Å²) in [5.74, 6) is 0.172. The maximum atomic E-state index is 13.7. The molecule has 1 aliphatic heterocycles. The molecule has 0 bridgehead atoms. The fourth-order valence-electron chi connectivity index (χ4n) is 3.64. The monoisotopic (exact) mass is 369 g/mol. The lowest BCUT2D eigenvalue weighted by Gasteiger charge is -2.38. The minimum Gasteiger partial charge on any atom is -0.368 e. The average molecular weight is 369 g/mol. The zero-order valence-corrected chi connectivity index (χ0v) is 16.3. The molecule has 1 aliphatic rings. The van der Waals surface area contributed by atoms with Crippen molar-refractivity contribution in [3.8, 4) is 0 Å². The Morgan fingerprint density at radius 3 is 2.44 bits per heavy atom. The molecule has 2 aromatic carbocycles. The van der Waals surface area contributed by atoms with E-state index in [1.54, 1.807) is 18.2 Å². The first-order valence-electron chi connectivity index (χ1n) is 9.58. The third-order valence-corrected chi connectivity index (χ3v) is 5.16. The predicted molar refractivity (Wildman–Crippen MR) is 108 cm³/mol. The highest BCUT2D eigenvalue weighted by Crippen LogP contribution is 2.31. The zero-order valence-electron chi connectivity index (χ0n) is 16.3. The Morgan fingerprint density at radius 1 is 1.07 bits per heavy atom. The number of halogens is 1. The lowest BCUT2D eigenvalue weighted by atomic mass is 9.97. The average Bonchev–Trinajstić information content (AvgIpc) is 2.67. The molecule has 144 valence electrons. The van der Waals surface area contributed by atoms with Gasteiger partial charge in [0, 0.05) is 44.0 Å². The summed E-state index contributed by atoms with van der Waals surface area (Å²) >= 11 is 0. The first kappa shape index (κ1) is 19.2. The fraction of sp³-hybridized carbons (Fsp3) is 0.409. The molecule has 27 heavy (non-hydrogen) atoms. The number of para-hydroxylation sites is 1. The first-order chi connectivity index (χ1) is 13.0. The second kappa shape index (κ2) is 8.42. The molecule has 1 saturated heterocycles. The Hall–Kier alpha value is -2.56. The van der Waals surface area contributed by atoms with Crippen molar-refractivity contribution in [2.24, 2.45) is 0 Å². The number of benzene rings is 2. The molecule has 0 unspecified atom stereocenters. The number of carbonyl (C=O) groups excluding carboxylic acids is 1. The summed E-state index contributed by atoms with van der Waals surface area (Å²) in [6.07, 6.45) is 0. The molecule has 0 saturated carbocycles. The molecule has 2 aromatic rings. The molecular weight excluding hydrogens is 341 g/mol. The second-order valence-corrected chi connectivity index (χ2v) is 7.39. The molecule has 0 aliphatic carbocycles. The molecule has 1 N–H and O–H groups in total. The number of hydrogen-bond donors (Lipinski definition) is 1. The fourth-order valence-corrected chi connectivity index (χ4v) is 3.64. The van der Waals surface area contributed by atoms with Gasteiger partial charge in [-0.1, -0.05) is 50.2 Å². The van der Waals surface area contributed by atoms with Crippen molar-refractivity contribution in [1.29, 1.82) is 0 Å². The van der Waals surface area contributed by atoms with Crippen molar-refractivity contribution in [3.63, 3.8) is 0 Å². The van der Waals surface area contributed by atoms with Crippen LogP contribution in [0, 0.1) is 12.7 Å². The van der Waals surface area contributed by atoms with Crippen molar-refractivity contribution in [2.45, 2.75) is 33.2 Å². The van der Waals surface area contributed by atoms with Crippen LogP contribution < -0.4 is 10.2 Å². The van der Waals surface area contributed by atoms with Gasteiger partial charge in [0.25, 0.3) is 0 Å². The summed E-state index contributed by atoms with van der Waals surface area (Å²) in [6.45, 7) is 9.71. The van der Waals surface area contributed by atoms with E-state index >= 15 is 0 Å². The Bertz CT molecular complexity index is 798. The van der Waals surface area contributed by atoms with Gasteiger partial charge in [-0.2, -0.15) is 0 Å². The van der Waals surface area contributed by atoms with E-state index in [0.29, 0.717) is 24.6 Å². The zero-order chi connectivity index (χ0) is 19.4. The Kier molecular flexibility index (Phi) is 5.99. The summed E-state index contributed by atoms with van der Waals surface area (Å²) in [6, 6.07) is 12.9. The van der Waals surface area contributed by atoms with Crippen LogP contribution in [0.4, 0.5) is 14.9 Å². The Morgan fingerprint density at radius 2 is 1.78 bits per heavy atom. The SMILES string of the molecule is Cc1cccc(C(C)C)c1N1CCN(C(=O)NCc2ccccc2F)CC1. The van der Waals surface area contributed by atoms with Crippen LogP contribution in [0.25, 0.3) is 0 Å². The molecule has 0 aromatic heterocycles. The molecule has 2 amide bonds. The van der Waals surface area contributed by atoms with Crippen LogP contribution >= 0.6 is 0 Å². The van der Waals surface area contributed by atoms with Crippen LogP contribution in [0.3, 0.4) is 0 Å². The van der Waals surface area contributed by atoms with Crippen molar-refractivity contribution in [1.82, 2.24) is 10.2 Å². The minimum absolute atomic E-state index is 0.133. The van der Waals surface area contributed by atoms with E-state index in [9.17, 15) is 9.18 Å². The van der Waals surface area contributed by atoms with Crippen molar-refractivity contribution in [2.75, 3.05) is 31.1 Å². The van der Waals surface area contributed by atoms with E-state index in [1.807, 2.05) is 4.90 Å². The molecule has 4 nitrogen and oxygen atoms in total. The third-order valence-electron chi connectivity index (χ3n) is 5.16. The summed E-state index contributed by atoms with van der Waals surface area (Å²) in [5.41, 5.74) is 4.44. The van der Waals surface area contributed by atoms with Gasteiger partial charge in [-0.15, -0.1) is 0 Å². The lowest BCUT2D eigenvalue weighted by Crippen LogP contribution is -2.52. The van der Waals surface area contributed by atoms with E-state index in [1.165, 1.54) is 22.9 Å². The molecule has 0 spiro atoms. The molecule has 1 heterocycles. The molecule has 3 rings (SSSR count). The number of hydrogen-bond acceptors (Lipinski definition) is 2. The molecule has 0 atom stereocenters. The number of nitrogens with zero attached hydrogens (tertiary/aromatic N) is 2. The number of anilines is 1. The van der Waals surface area contributed by atoms with Crippen LogP contribution in [0.1, 0.15) is 36.5 Å². The van der Waals surface area contributed by atoms with Gasteiger partial charge in [0.1, 0.15) is 5.82 Å². The Balaban J connectivity index is 1.59. The highest BCUT2D eigenvalue weighted by atomic mass is 19.1. The molecule has 1 fully saturated rings. The second-order valence-electron chi connectivity index (χ2n) is 7.39. The van der Waals surface area contributed by atoms with Crippen LogP contribution in [-0.2, 0) is 6.54 Å². The van der Waals surface area contributed by atoms with Gasteiger partial charge in [-0.05, 0) is 30.0 Å². The van der Waals surface area contributed by atoms with Gasteiger partial charge >= 0.3 is 6.03 Å². The quantitative estimate of drug-likeness (QED) is 0.873. The summed E-state index contributed by atoms with van der Waals surface area (Å²) in [4.78, 5) is 16.6. The van der Waals surface area contributed by atoms with Gasteiger partial charge in [0.05, 0.1) is 0 Å².